The quantitative estimate of drug-likeness (QED) is 0.172. The van der Waals surface area contributed by atoms with E-state index in [1.54, 1.807) is 0 Å². The molecule has 7 aliphatic rings. The van der Waals surface area contributed by atoms with E-state index in [2.05, 4.69) is 380 Å². The highest BCUT2D eigenvalue weighted by Crippen LogP contribution is 2.71. The van der Waals surface area contributed by atoms with Crippen molar-refractivity contribution in [2.45, 2.75) is 68.6 Å². The van der Waals surface area contributed by atoms with E-state index >= 15 is 0 Å². The predicted molar refractivity (Wildman–Crippen MR) is 479 cm³/mol. The molecule has 20 aromatic rings. The zero-order chi connectivity index (χ0) is 77.2. The van der Waals surface area contributed by atoms with Gasteiger partial charge in [-0.2, -0.15) is 0 Å². The van der Waals surface area contributed by atoms with Crippen LogP contribution in [-0.4, -0.2) is 0 Å². The van der Waals surface area contributed by atoms with E-state index in [4.69, 9.17) is 13.3 Å². The summed E-state index contributed by atoms with van der Waals surface area (Å²) in [5.74, 6) is 0. The first-order valence-electron chi connectivity index (χ1n) is 41.3. The van der Waals surface area contributed by atoms with Crippen molar-refractivity contribution in [1.82, 2.24) is 0 Å². The lowest BCUT2D eigenvalue weighted by Crippen LogP contribution is -2.27. The van der Waals surface area contributed by atoms with Crippen LogP contribution in [0.3, 0.4) is 0 Å². The Bertz CT molecular complexity index is 7910. The van der Waals surface area contributed by atoms with Gasteiger partial charge in [-0.15, -0.1) is 0 Å². The molecular formula is C113H73NO3. The van der Waals surface area contributed by atoms with Gasteiger partial charge < -0.3 is 18.2 Å². The lowest BCUT2D eigenvalue weighted by molar-refractivity contribution is 0.656. The van der Waals surface area contributed by atoms with E-state index in [0.717, 1.165) is 105 Å². The number of benzene rings is 17. The molecule has 0 radical (unpaired) electrons. The van der Waals surface area contributed by atoms with E-state index in [9.17, 15) is 0 Å². The summed E-state index contributed by atoms with van der Waals surface area (Å²) >= 11 is 0. The minimum Gasteiger partial charge on any atom is -0.456 e. The fourth-order valence-corrected chi connectivity index (χ4v) is 24.0. The Kier molecular flexibility index (Phi) is 12.0. The van der Waals surface area contributed by atoms with Crippen LogP contribution >= 0.6 is 0 Å². The van der Waals surface area contributed by atoms with Crippen molar-refractivity contribution in [3.8, 4) is 100 Å². The fourth-order valence-electron chi connectivity index (χ4n) is 24.0. The summed E-state index contributed by atoms with van der Waals surface area (Å²) in [5.41, 5.74) is 46.5. The lowest BCUT2D eigenvalue weighted by atomic mass is 9.68. The van der Waals surface area contributed by atoms with Crippen LogP contribution in [0.2, 0.25) is 0 Å². The van der Waals surface area contributed by atoms with Crippen molar-refractivity contribution in [3.63, 3.8) is 0 Å². The van der Waals surface area contributed by atoms with Crippen molar-refractivity contribution in [1.29, 1.82) is 0 Å². The van der Waals surface area contributed by atoms with E-state index in [0.29, 0.717) is 0 Å². The second-order valence-electron chi connectivity index (χ2n) is 35.5. The fraction of sp³-hybridized carbons (Fsp3) is 0.0973. The Hall–Kier alpha value is -14.1. The Morgan fingerprint density at radius 2 is 0.547 bits per heavy atom. The molecule has 0 unspecified atom stereocenters. The molecule has 7 aliphatic carbocycles. The molecule has 2 spiro atoms. The van der Waals surface area contributed by atoms with Crippen molar-refractivity contribution in [3.05, 3.63) is 412 Å². The van der Waals surface area contributed by atoms with E-state index in [-0.39, 0.29) is 5.41 Å². The van der Waals surface area contributed by atoms with Crippen molar-refractivity contribution in [2.75, 3.05) is 4.90 Å². The van der Waals surface area contributed by atoms with Gasteiger partial charge in [0, 0.05) is 76.8 Å². The van der Waals surface area contributed by atoms with Crippen LogP contribution in [0.25, 0.3) is 166 Å². The number of para-hydroxylation sites is 3. The number of nitrogens with zero attached hydrogens (tertiary/aromatic N) is 1. The summed E-state index contributed by atoms with van der Waals surface area (Å²) in [7, 11) is 0. The maximum Gasteiger partial charge on any atom is 0.143 e. The highest BCUT2D eigenvalue weighted by molar-refractivity contribution is 6.22. The van der Waals surface area contributed by atoms with Crippen LogP contribution in [-0.2, 0) is 27.1 Å². The Labute approximate surface area is 676 Å². The average molecular weight is 1490 g/mol. The molecule has 3 aromatic heterocycles. The molecule has 0 N–H and O–H groups in total. The van der Waals surface area contributed by atoms with Gasteiger partial charge in [-0.1, -0.05) is 284 Å². The topological polar surface area (TPSA) is 42.7 Å². The molecule has 0 saturated carbocycles. The molecule has 0 fully saturated rings. The summed E-state index contributed by atoms with van der Waals surface area (Å²) in [6.45, 7) is 14.6. The minimum absolute atomic E-state index is 0.179. The Morgan fingerprint density at radius 3 is 1.09 bits per heavy atom. The van der Waals surface area contributed by atoms with Crippen LogP contribution in [0.1, 0.15) is 119 Å². The Balaban J connectivity index is 0.714. The van der Waals surface area contributed by atoms with Crippen molar-refractivity contribution >= 4 is 82.9 Å². The number of rotatable bonds is 5. The molecule has 0 aliphatic heterocycles. The number of furan rings is 3. The van der Waals surface area contributed by atoms with Gasteiger partial charge in [0.05, 0.1) is 10.8 Å². The first-order chi connectivity index (χ1) is 57.3. The summed E-state index contributed by atoms with van der Waals surface area (Å²) in [6.07, 6.45) is 0. The predicted octanol–water partition coefficient (Wildman–Crippen LogP) is 29.8. The second kappa shape index (κ2) is 21.9. The molecule has 117 heavy (non-hydrogen) atoms. The molecule has 0 amide bonds. The zero-order valence-corrected chi connectivity index (χ0v) is 65.4. The normalized spacial score (nSPS) is 15.6. The molecule has 0 saturated heterocycles. The van der Waals surface area contributed by atoms with Crippen molar-refractivity contribution < 1.29 is 13.3 Å². The first-order valence-corrected chi connectivity index (χ1v) is 41.3. The van der Waals surface area contributed by atoms with Crippen LogP contribution in [0.5, 0.6) is 0 Å². The van der Waals surface area contributed by atoms with Gasteiger partial charge in [-0.3, -0.25) is 0 Å². The molecular weight excluding hydrogens is 1420 g/mol. The third-order valence-electron chi connectivity index (χ3n) is 29.1. The van der Waals surface area contributed by atoms with Crippen LogP contribution in [0.15, 0.2) is 347 Å². The smallest absolute Gasteiger partial charge is 0.143 e. The van der Waals surface area contributed by atoms with Crippen molar-refractivity contribution in [2.24, 2.45) is 0 Å². The summed E-state index contributed by atoms with van der Waals surface area (Å²) in [6, 6.07) is 127. The minimum atomic E-state index is -0.754. The monoisotopic (exact) mass is 1490 g/mol. The van der Waals surface area contributed by atoms with E-state index < -0.39 is 21.7 Å². The van der Waals surface area contributed by atoms with Crippen LogP contribution in [0.4, 0.5) is 17.1 Å². The Morgan fingerprint density at radius 1 is 0.197 bits per heavy atom. The summed E-state index contributed by atoms with van der Waals surface area (Å²) < 4.78 is 21.2. The molecule has 4 heteroatoms. The molecule has 0 atom stereocenters. The molecule has 0 bridgehead atoms. The number of hydrogen-bond acceptors (Lipinski definition) is 4. The summed E-state index contributed by atoms with van der Waals surface area (Å²) in [4.78, 5) is 2.61. The van der Waals surface area contributed by atoms with Gasteiger partial charge in [-0.05, 0) is 258 Å². The lowest BCUT2D eigenvalue weighted by Gasteiger charge is -2.33. The maximum absolute atomic E-state index is 7.25. The van der Waals surface area contributed by atoms with E-state index in [1.807, 2.05) is 0 Å². The zero-order valence-electron chi connectivity index (χ0n) is 65.4. The van der Waals surface area contributed by atoms with Gasteiger partial charge in [0.25, 0.3) is 0 Å². The van der Waals surface area contributed by atoms with Gasteiger partial charge >= 0.3 is 0 Å². The first kappa shape index (κ1) is 64.3. The van der Waals surface area contributed by atoms with Gasteiger partial charge in [0.1, 0.15) is 33.5 Å². The highest BCUT2D eigenvalue weighted by atomic mass is 16.3. The third-order valence-corrected chi connectivity index (χ3v) is 29.1. The second-order valence-corrected chi connectivity index (χ2v) is 35.5. The average Bonchev–Trinajstić information content (AvgIpc) is 1.48. The van der Waals surface area contributed by atoms with Gasteiger partial charge in [0.15, 0.2) is 0 Å². The van der Waals surface area contributed by atoms with E-state index in [1.165, 1.54) is 156 Å². The largest absolute Gasteiger partial charge is 0.456 e. The molecule has 17 aromatic carbocycles. The number of anilines is 3. The highest BCUT2D eigenvalue weighted by Gasteiger charge is 2.57. The molecule has 27 rings (SSSR count). The molecule has 4 nitrogen and oxygen atoms in total. The SMILES string of the molecule is CC1(C)c2ccccc2-c2ccc(-c3cc4c(c5c3oc3ccccc35)-c3ccc(N(c5ccc6c(c5)C(C)(C)c5cc(-c7ccccc7)c7oc8ccccc8c7c5-6)c5ccc6c(c5)C5(c7ccccc7-c7ccccc75)c5cc7c(cc5-6)C5(c6ccccc6-c6ccccc65)c5ccc6oc8ccccc8c6c5-7)cc3C4(C)C)cc21. The van der Waals surface area contributed by atoms with Gasteiger partial charge in [0.2, 0.25) is 0 Å². The molecule has 3 heterocycles. The summed E-state index contributed by atoms with van der Waals surface area (Å²) in [5, 5.41) is 6.87. The van der Waals surface area contributed by atoms with Gasteiger partial charge in [-0.25, -0.2) is 0 Å². The molecule has 548 valence electrons. The maximum atomic E-state index is 7.25. The third kappa shape index (κ3) is 7.73. The number of hydrogen-bond donors (Lipinski definition) is 0. The standard InChI is InChI=1S/C113H73NO3/c1-109(2)83-36-18-10-28-67(83)72-48-44-63(54-89(72)109)80-59-96-102(106-78-35-17-25-43-99(78)117-108(80)106)75-51-47-65(56-91(75)111(96,5)6)114(64-46-50-74-90(55-64)110(3,4)95-58-79(62-26-8-7-9-27-62)107-105(101(74)95)77-34-16-24-42-98(77)116-107)66-45-49-73-81-60-94-82(61-93(81)113(92(73)57-66)86-39-21-13-31-70(86)71-32-14-22-40-87(71)113)103-88(52-53-100-104(103)76-33-15-23-41-97(76)115-100)112(94)84-37-19-11-29-68(84)69-30-12-20-38-85(69)112/h7-61H,1-6H3. The van der Waals surface area contributed by atoms with Crippen LogP contribution in [0, 0.1) is 0 Å². The van der Waals surface area contributed by atoms with Crippen LogP contribution < -0.4 is 4.90 Å². The number of fused-ring (bicyclic) bond motifs is 41.